The van der Waals surface area contributed by atoms with Crippen LogP contribution in [0.4, 0.5) is 5.69 Å². The summed E-state index contributed by atoms with van der Waals surface area (Å²) < 4.78 is 25.8. The van der Waals surface area contributed by atoms with E-state index in [1.54, 1.807) is 41.4 Å². The molecule has 0 spiro atoms. The van der Waals surface area contributed by atoms with Crippen LogP contribution in [0.15, 0.2) is 47.5 Å². The molecule has 132 valence electrons. The van der Waals surface area contributed by atoms with Gasteiger partial charge < -0.3 is 4.90 Å². The molecule has 1 saturated heterocycles. The average molecular weight is 362 g/mol. The summed E-state index contributed by atoms with van der Waals surface area (Å²) in [6.45, 7) is 0.440. The molecule has 1 unspecified atom stereocenters. The molecule has 0 radical (unpaired) electrons. The fourth-order valence-corrected chi connectivity index (χ4v) is 3.49. The summed E-state index contributed by atoms with van der Waals surface area (Å²) >= 11 is 0. The van der Waals surface area contributed by atoms with Gasteiger partial charge in [0, 0.05) is 31.7 Å². The largest absolute Gasteiger partial charge is 0.352 e. The van der Waals surface area contributed by atoms with Gasteiger partial charge in [-0.15, -0.1) is 0 Å². The Bertz CT molecular complexity index is 953. The van der Waals surface area contributed by atoms with Crippen molar-refractivity contribution in [1.82, 2.24) is 13.9 Å². The summed E-state index contributed by atoms with van der Waals surface area (Å²) in [7, 11) is -2.02. The zero-order valence-corrected chi connectivity index (χ0v) is 14.7. The van der Waals surface area contributed by atoms with Crippen molar-refractivity contribution >= 4 is 21.6 Å². The lowest BCUT2D eigenvalue weighted by atomic mass is 10.2. The molecule has 1 aliphatic rings. The topological polar surface area (TPSA) is 92.6 Å². The second-order valence-corrected chi connectivity index (χ2v) is 7.90. The summed E-state index contributed by atoms with van der Waals surface area (Å²) in [5, 5.41) is 0. The van der Waals surface area contributed by atoms with Gasteiger partial charge in [0.05, 0.1) is 11.9 Å². The van der Waals surface area contributed by atoms with E-state index in [1.165, 1.54) is 17.8 Å². The Morgan fingerprint density at radius 1 is 1.16 bits per heavy atom. The van der Waals surface area contributed by atoms with E-state index in [0.29, 0.717) is 24.3 Å². The number of benzene rings is 1. The van der Waals surface area contributed by atoms with Crippen LogP contribution in [-0.4, -0.2) is 54.1 Å². The van der Waals surface area contributed by atoms with Crippen molar-refractivity contribution < 1.29 is 13.2 Å². The first-order valence-corrected chi connectivity index (χ1v) is 9.52. The Hall–Kier alpha value is -2.52. The number of sulfonamides is 1. The SMILES string of the molecule is CN(C1CCN(c2ccc(-n3cccnc3=O)cc2)C1=O)S(C)(=O)=O. The molecule has 1 fully saturated rings. The van der Waals surface area contributed by atoms with Gasteiger partial charge in [-0.2, -0.15) is 4.31 Å². The van der Waals surface area contributed by atoms with E-state index in [0.717, 1.165) is 10.6 Å². The number of aromatic nitrogens is 2. The Morgan fingerprint density at radius 3 is 2.40 bits per heavy atom. The fourth-order valence-electron chi connectivity index (χ4n) is 2.84. The predicted octanol–water partition coefficient (Wildman–Crippen LogP) is 0.229. The highest BCUT2D eigenvalue weighted by molar-refractivity contribution is 7.88. The molecule has 8 nitrogen and oxygen atoms in total. The first-order valence-electron chi connectivity index (χ1n) is 7.67. The van der Waals surface area contributed by atoms with Crippen LogP contribution in [0, 0.1) is 0 Å². The van der Waals surface area contributed by atoms with Crippen molar-refractivity contribution in [3.8, 4) is 5.69 Å². The van der Waals surface area contributed by atoms with Gasteiger partial charge in [0.25, 0.3) is 0 Å². The van der Waals surface area contributed by atoms with Crippen molar-refractivity contribution in [2.24, 2.45) is 0 Å². The summed E-state index contributed by atoms with van der Waals surface area (Å²) in [6, 6.07) is 7.88. The van der Waals surface area contributed by atoms with E-state index in [1.807, 2.05) is 0 Å². The minimum atomic E-state index is -3.43. The third-order valence-corrected chi connectivity index (χ3v) is 5.59. The van der Waals surface area contributed by atoms with Crippen molar-refractivity contribution in [3.63, 3.8) is 0 Å². The van der Waals surface area contributed by atoms with Gasteiger partial charge in [0.1, 0.15) is 6.04 Å². The average Bonchev–Trinajstić information content (AvgIpc) is 2.95. The molecule has 0 bridgehead atoms. The zero-order valence-electron chi connectivity index (χ0n) is 13.9. The van der Waals surface area contributed by atoms with E-state index >= 15 is 0 Å². The molecule has 1 aromatic carbocycles. The molecule has 1 atom stereocenters. The lowest BCUT2D eigenvalue weighted by molar-refractivity contribution is -0.120. The van der Waals surface area contributed by atoms with Crippen molar-refractivity contribution in [2.45, 2.75) is 12.5 Å². The quantitative estimate of drug-likeness (QED) is 0.776. The first-order chi connectivity index (χ1) is 11.8. The van der Waals surface area contributed by atoms with Crippen LogP contribution in [0.3, 0.4) is 0 Å². The van der Waals surface area contributed by atoms with Crippen molar-refractivity contribution in [1.29, 1.82) is 0 Å². The molecule has 0 aliphatic carbocycles. The Balaban J connectivity index is 1.83. The Morgan fingerprint density at radius 2 is 1.80 bits per heavy atom. The van der Waals surface area contributed by atoms with Crippen molar-refractivity contribution in [3.05, 3.63) is 53.2 Å². The fraction of sp³-hybridized carbons (Fsp3) is 0.312. The van der Waals surface area contributed by atoms with Gasteiger partial charge in [-0.3, -0.25) is 9.36 Å². The number of rotatable bonds is 4. The summed E-state index contributed by atoms with van der Waals surface area (Å²) in [5.41, 5.74) is 0.913. The molecule has 0 saturated carbocycles. The standard InChI is InChI=1S/C16H18N4O4S/c1-18(25(2,23)24)14-8-11-19(15(14)21)12-4-6-13(7-5-12)20-10-3-9-17-16(20)22/h3-7,9-10,14H,8,11H2,1-2H3. The molecule has 1 aromatic heterocycles. The Kier molecular flexibility index (Phi) is 4.44. The van der Waals surface area contributed by atoms with Crippen LogP contribution in [-0.2, 0) is 14.8 Å². The van der Waals surface area contributed by atoms with Gasteiger partial charge in [0.15, 0.2) is 0 Å². The highest BCUT2D eigenvalue weighted by Crippen LogP contribution is 2.25. The predicted molar refractivity (Wildman–Crippen MR) is 93.2 cm³/mol. The van der Waals surface area contributed by atoms with E-state index in [9.17, 15) is 18.0 Å². The monoisotopic (exact) mass is 362 g/mol. The summed E-state index contributed by atoms with van der Waals surface area (Å²) in [4.78, 5) is 29.6. The summed E-state index contributed by atoms with van der Waals surface area (Å²) in [5.74, 6) is -0.251. The van der Waals surface area contributed by atoms with Crippen LogP contribution in [0.25, 0.3) is 5.69 Å². The Labute approximate surface area is 145 Å². The van der Waals surface area contributed by atoms with E-state index in [-0.39, 0.29) is 11.6 Å². The minimum absolute atomic E-state index is 0.251. The van der Waals surface area contributed by atoms with Crippen LogP contribution in [0.1, 0.15) is 6.42 Å². The molecular formula is C16H18N4O4S. The minimum Gasteiger partial charge on any atom is -0.311 e. The molecule has 1 aliphatic heterocycles. The number of anilines is 1. The smallest absolute Gasteiger partial charge is 0.311 e. The number of amides is 1. The maximum Gasteiger partial charge on any atom is 0.352 e. The third kappa shape index (κ3) is 3.33. The van der Waals surface area contributed by atoms with Gasteiger partial charge in [-0.05, 0) is 36.8 Å². The number of likely N-dealkylation sites (N-methyl/N-ethyl adjacent to an activating group) is 1. The van der Waals surface area contributed by atoms with E-state index in [4.69, 9.17) is 0 Å². The first kappa shape index (κ1) is 17.3. The number of hydrogen-bond acceptors (Lipinski definition) is 5. The summed E-state index contributed by atoms with van der Waals surface area (Å²) in [6.07, 6.45) is 4.56. The van der Waals surface area contributed by atoms with Crippen LogP contribution >= 0.6 is 0 Å². The number of nitrogens with zero attached hydrogens (tertiary/aromatic N) is 4. The van der Waals surface area contributed by atoms with Gasteiger partial charge in [-0.25, -0.2) is 18.2 Å². The lowest BCUT2D eigenvalue weighted by Gasteiger charge is -2.22. The maximum atomic E-state index is 12.6. The van der Waals surface area contributed by atoms with Gasteiger partial charge in [0.2, 0.25) is 15.9 Å². The molecular weight excluding hydrogens is 344 g/mol. The molecule has 2 heterocycles. The van der Waals surface area contributed by atoms with E-state index < -0.39 is 16.1 Å². The molecule has 9 heteroatoms. The number of carbonyl (C=O) groups excluding carboxylic acids is 1. The zero-order chi connectivity index (χ0) is 18.2. The molecule has 1 amide bonds. The van der Waals surface area contributed by atoms with Gasteiger partial charge in [-0.1, -0.05) is 0 Å². The normalized spacial score (nSPS) is 18.1. The number of carbonyl (C=O) groups is 1. The maximum absolute atomic E-state index is 12.6. The number of hydrogen-bond donors (Lipinski definition) is 0. The second kappa shape index (κ2) is 6.41. The third-order valence-electron chi connectivity index (χ3n) is 4.29. The second-order valence-electron chi connectivity index (χ2n) is 5.86. The van der Waals surface area contributed by atoms with Crippen LogP contribution in [0.5, 0.6) is 0 Å². The van der Waals surface area contributed by atoms with Crippen LogP contribution in [0.2, 0.25) is 0 Å². The highest BCUT2D eigenvalue weighted by Gasteiger charge is 2.38. The van der Waals surface area contributed by atoms with E-state index in [2.05, 4.69) is 4.98 Å². The van der Waals surface area contributed by atoms with Gasteiger partial charge >= 0.3 is 5.69 Å². The molecule has 3 rings (SSSR count). The van der Waals surface area contributed by atoms with Crippen LogP contribution < -0.4 is 10.6 Å². The molecule has 25 heavy (non-hydrogen) atoms. The molecule has 0 N–H and O–H groups in total. The molecule has 2 aromatic rings. The van der Waals surface area contributed by atoms with Crippen molar-refractivity contribution in [2.75, 3.05) is 24.7 Å². The lowest BCUT2D eigenvalue weighted by Crippen LogP contribution is -2.42. The highest BCUT2D eigenvalue weighted by atomic mass is 32.2.